The van der Waals surface area contributed by atoms with E-state index in [0.29, 0.717) is 4.99 Å². The Bertz CT molecular complexity index is 593. The van der Waals surface area contributed by atoms with E-state index in [1.165, 1.54) is 11.1 Å². The molecule has 0 aliphatic carbocycles. The lowest BCUT2D eigenvalue weighted by Crippen LogP contribution is -2.24. The minimum atomic E-state index is 0.454. The quantitative estimate of drug-likeness (QED) is 0.854. The maximum atomic E-state index is 5.83. The van der Waals surface area contributed by atoms with Crippen LogP contribution < -0.4 is 10.6 Å². The summed E-state index contributed by atoms with van der Waals surface area (Å²) in [5.74, 6) is 0. The van der Waals surface area contributed by atoms with Crippen LogP contribution in [0.2, 0.25) is 0 Å². The van der Waals surface area contributed by atoms with Gasteiger partial charge in [-0.1, -0.05) is 54.2 Å². The van der Waals surface area contributed by atoms with Crippen LogP contribution in [0.1, 0.15) is 16.7 Å². The highest BCUT2D eigenvalue weighted by atomic mass is 32.1. The second-order valence-corrected chi connectivity index (χ2v) is 5.48. The molecule has 2 nitrogen and oxygen atoms in total. The number of hydrogen-bond donors (Lipinski definition) is 1. The summed E-state index contributed by atoms with van der Waals surface area (Å²) in [7, 11) is 2.08. The van der Waals surface area contributed by atoms with E-state index in [2.05, 4.69) is 61.3 Å². The van der Waals surface area contributed by atoms with Gasteiger partial charge in [-0.2, -0.15) is 0 Å². The fraction of sp³-hybridized carbons (Fsp3) is 0.235. The van der Waals surface area contributed by atoms with Crippen LogP contribution >= 0.6 is 12.2 Å². The monoisotopic (exact) mass is 284 g/mol. The fourth-order valence-corrected chi connectivity index (χ4v) is 2.41. The Morgan fingerprint density at radius 1 is 1.15 bits per heavy atom. The van der Waals surface area contributed by atoms with Gasteiger partial charge in [-0.3, -0.25) is 0 Å². The van der Waals surface area contributed by atoms with E-state index >= 15 is 0 Å². The Balaban J connectivity index is 2.13. The summed E-state index contributed by atoms with van der Waals surface area (Å²) in [6.07, 6.45) is 1.00. The van der Waals surface area contributed by atoms with E-state index in [4.69, 9.17) is 18.0 Å². The van der Waals surface area contributed by atoms with Crippen LogP contribution in [0.5, 0.6) is 0 Å². The van der Waals surface area contributed by atoms with Crippen LogP contribution in [0.3, 0.4) is 0 Å². The predicted molar refractivity (Wildman–Crippen MR) is 90.5 cm³/mol. The number of nitrogens with zero attached hydrogens (tertiary/aromatic N) is 1. The summed E-state index contributed by atoms with van der Waals surface area (Å²) >= 11 is 5.16. The topological polar surface area (TPSA) is 29.3 Å². The van der Waals surface area contributed by atoms with Crippen LogP contribution in [0.15, 0.2) is 48.5 Å². The Morgan fingerprint density at radius 2 is 1.85 bits per heavy atom. The number of nitrogens with two attached hydrogens (primary N) is 1. The van der Waals surface area contributed by atoms with Crippen molar-refractivity contribution in [3.8, 4) is 0 Å². The highest BCUT2D eigenvalue weighted by Crippen LogP contribution is 2.21. The van der Waals surface area contributed by atoms with Gasteiger partial charge in [-0.15, -0.1) is 0 Å². The average Bonchev–Trinajstić information content (AvgIpc) is 2.45. The first-order valence-corrected chi connectivity index (χ1v) is 7.14. The van der Waals surface area contributed by atoms with Gasteiger partial charge in [0.05, 0.1) is 0 Å². The molecule has 0 heterocycles. The van der Waals surface area contributed by atoms with Crippen molar-refractivity contribution in [2.24, 2.45) is 5.73 Å². The number of rotatable bonds is 5. The molecule has 2 aromatic rings. The Kier molecular flexibility index (Phi) is 4.74. The van der Waals surface area contributed by atoms with Gasteiger partial charge in [0.1, 0.15) is 4.99 Å². The summed E-state index contributed by atoms with van der Waals surface area (Å²) in [5.41, 5.74) is 10.4. The van der Waals surface area contributed by atoms with E-state index in [1.807, 2.05) is 6.07 Å². The van der Waals surface area contributed by atoms with Crippen LogP contribution in [0.4, 0.5) is 5.69 Å². The second-order valence-electron chi connectivity index (χ2n) is 5.04. The molecule has 104 valence electrons. The molecule has 0 amide bonds. The van der Waals surface area contributed by atoms with Crippen LogP contribution in [-0.4, -0.2) is 18.6 Å². The molecule has 0 aromatic heterocycles. The average molecular weight is 284 g/mol. The van der Waals surface area contributed by atoms with Gasteiger partial charge in [0.15, 0.2) is 0 Å². The lowest BCUT2D eigenvalue weighted by molar-refractivity contribution is 0.875. The number of aryl methyl sites for hydroxylation is 1. The van der Waals surface area contributed by atoms with E-state index in [9.17, 15) is 0 Å². The molecule has 0 spiro atoms. The Morgan fingerprint density at radius 3 is 2.50 bits per heavy atom. The van der Waals surface area contributed by atoms with Crippen molar-refractivity contribution >= 4 is 22.9 Å². The largest absolute Gasteiger partial charge is 0.389 e. The Hall–Kier alpha value is -1.87. The molecule has 0 fully saturated rings. The molecular weight excluding hydrogens is 264 g/mol. The Labute approximate surface area is 126 Å². The van der Waals surface area contributed by atoms with Crippen molar-refractivity contribution in [3.63, 3.8) is 0 Å². The van der Waals surface area contributed by atoms with Gasteiger partial charge in [0.2, 0.25) is 0 Å². The molecule has 2 aromatic carbocycles. The third kappa shape index (κ3) is 3.58. The molecular formula is C17H20N2S. The minimum absolute atomic E-state index is 0.454. The molecule has 0 atom stereocenters. The number of likely N-dealkylation sites (N-methyl/N-ethyl adjacent to an activating group) is 1. The molecule has 2 rings (SSSR count). The van der Waals surface area contributed by atoms with Gasteiger partial charge in [-0.25, -0.2) is 0 Å². The zero-order chi connectivity index (χ0) is 14.5. The molecule has 0 radical (unpaired) electrons. The molecule has 0 saturated heterocycles. The van der Waals surface area contributed by atoms with E-state index in [-0.39, 0.29) is 0 Å². The molecule has 0 saturated carbocycles. The van der Waals surface area contributed by atoms with Crippen molar-refractivity contribution in [2.45, 2.75) is 13.3 Å². The fourth-order valence-electron chi connectivity index (χ4n) is 2.24. The summed E-state index contributed by atoms with van der Waals surface area (Å²) in [6, 6.07) is 16.7. The lowest BCUT2D eigenvalue weighted by atomic mass is 10.1. The highest BCUT2D eigenvalue weighted by Gasteiger charge is 2.09. The number of benzene rings is 2. The third-order valence-corrected chi connectivity index (χ3v) is 3.63. The first-order valence-electron chi connectivity index (χ1n) is 6.73. The first kappa shape index (κ1) is 14.5. The van der Waals surface area contributed by atoms with E-state index in [1.54, 1.807) is 0 Å². The van der Waals surface area contributed by atoms with Gasteiger partial charge >= 0.3 is 0 Å². The summed E-state index contributed by atoms with van der Waals surface area (Å²) < 4.78 is 0. The van der Waals surface area contributed by atoms with Crippen molar-refractivity contribution < 1.29 is 0 Å². The molecule has 0 bridgehead atoms. The summed E-state index contributed by atoms with van der Waals surface area (Å²) in [6.45, 7) is 2.98. The predicted octanol–water partition coefficient (Wildman–Crippen LogP) is 3.31. The number of anilines is 1. The van der Waals surface area contributed by atoms with Crippen LogP contribution in [0, 0.1) is 6.92 Å². The van der Waals surface area contributed by atoms with E-state index in [0.717, 1.165) is 24.2 Å². The number of hydrogen-bond acceptors (Lipinski definition) is 2. The zero-order valence-corrected chi connectivity index (χ0v) is 12.8. The molecule has 3 heteroatoms. The van der Waals surface area contributed by atoms with Gasteiger partial charge in [-0.05, 0) is 31.0 Å². The van der Waals surface area contributed by atoms with Crippen LogP contribution in [0.25, 0.3) is 0 Å². The van der Waals surface area contributed by atoms with Crippen molar-refractivity contribution in [1.82, 2.24) is 0 Å². The first-order chi connectivity index (χ1) is 9.58. The minimum Gasteiger partial charge on any atom is -0.389 e. The maximum absolute atomic E-state index is 5.83. The van der Waals surface area contributed by atoms with Crippen molar-refractivity contribution in [3.05, 3.63) is 65.2 Å². The van der Waals surface area contributed by atoms with Crippen LogP contribution in [-0.2, 0) is 6.42 Å². The SMILES string of the molecule is Cc1ccc(N(C)CCc2ccccc2)c(C(N)=S)c1. The molecule has 20 heavy (non-hydrogen) atoms. The normalized spacial score (nSPS) is 10.3. The van der Waals surface area contributed by atoms with Crippen molar-refractivity contribution in [2.75, 3.05) is 18.5 Å². The van der Waals surface area contributed by atoms with Gasteiger partial charge in [0.25, 0.3) is 0 Å². The molecule has 0 unspecified atom stereocenters. The summed E-state index contributed by atoms with van der Waals surface area (Å²) in [5, 5.41) is 0. The number of thiocarbonyl (C=S) groups is 1. The third-order valence-electron chi connectivity index (χ3n) is 3.41. The maximum Gasteiger partial charge on any atom is 0.106 e. The van der Waals surface area contributed by atoms with Gasteiger partial charge in [0, 0.05) is 24.8 Å². The second kappa shape index (κ2) is 6.53. The zero-order valence-electron chi connectivity index (χ0n) is 12.0. The van der Waals surface area contributed by atoms with E-state index < -0.39 is 0 Å². The van der Waals surface area contributed by atoms with Crippen molar-refractivity contribution in [1.29, 1.82) is 0 Å². The molecule has 0 aliphatic rings. The highest BCUT2D eigenvalue weighted by molar-refractivity contribution is 7.80. The summed E-state index contributed by atoms with van der Waals surface area (Å²) in [4.78, 5) is 2.66. The molecule has 0 aliphatic heterocycles. The lowest BCUT2D eigenvalue weighted by Gasteiger charge is -2.22. The molecule has 2 N–H and O–H groups in total. The smallest absolute Gasteiger partial charge is 0.106 e. The van der Waals surface area contributed by atoms with Gasteiger partial charge < -0.3 is 10.6 Å². The standard InChI is InChI=1S/C17H20N2S/c1-13-8-9-16(15(12-13)17(18)20)19(2)11-10-14-6-4-3-5-7-14/h3-9,12H,10-11H2,1-2H3,(H2,18,20).